The van der Waals surface area contributed by atoms with Gasteiger partial charge in [0.15, 0.2) is 5.69 Å². The standard InChI is InChI=1S/C14H17N5O3S/c20-12(15-9-1-2-9)10-7-14(22-17-10)3-5-19(6-4-14)13(21)11-8-23-18-16-11/h8-9H,1-7H2,(H,15,20). The largest absolute Gasteiger partial charge is 0.388 e. The van der Waals surface area contributed by atoms with Gasteiger partial charge in [0, 0.05) is 43.8 Å². The van der Waals surface area contributed by atoms with Crippen LogP contribution >= 0.6 is 11.5 Å². The molecule has 1 saturated heterocycles. The molecule has 0 atom stereocenters. The summed E-state index contributed by atoms with van der Waals surface area (Å²) < 4.78 is 3.72. The number of aromatic nitrogens is 2. The molecule has 8 nitrogen and oxygen atoms in total. The van der Waals surface area contributed by atoms with Gasteiger partial charge in [-0.05, 0) is 24.4 Å². The monoisotopic (exact) mass is 335 g/mol. The van der Waals surface area contributed by atoms with Gasteiger partial charge in [-0.25, -0.2) is 0 Å². The summed E-state index contributed by atoms with van der Waals surface area (Å²) in [6.45, 7) is 1.15. The molecule has 0 bridgehead atoms. The Morgan fingerprint density at radius 3 is 2.78 bits per heavy atom. The lowest BCUT2D eigenvalue weighted by molar-refractivity contribution is -0.115. The summed E-state index contributed by atoms with van der Waals surface area (Å²) in [5.41, 5.74) is 0.423. The van der Waals surface area contributed by atoms with E-state index in [0.717, 1.165) is 12.8 Å². The normalized spacial score (nSPS) is 22.6. The molecular weight excluding hydrogens is 318 g/mol. The highest BCUT2D eigenvalue weighted by Gasteiger charge is 2.45. The highest BCUT2D eigenvalue weighted by Crippen LogP contribution is 2.35. The molecule has 1 aliphatic carbocycles. The summed E-state index contributed by atoms with van der Waals surface area (Å²) in [5, 5.41) is 12.4. The number of rotatable bonds is 3. The van der Waals surface area contributed by atoms with Crippen LogP contribution in [0.5, 0.6) is 0 Å². The third kappa shape index (κ3) is 2.92. The van der Waals surface area contributed by atoms with Crippen LogP contribution in [0.3, 0.4) is 0 Å². The smallest absolute Gasteiger partial charge is 0.275 e. The van der Waals surface area contributed by atoms with Gasteiger partial charge in [-0.3, -0.25) is 9.59 Å². The first-order chi connectivity index (χ1) is 11.2. The van der Waals surface area contributed by atoms with Crippen LogP contribution < -0.4 is 5.32 Å². The van der Waals surface area contributed by atoms with Gasteiger partial charge in [-0.15, -0.1) is 5.10 Å². The number of nitrogens with zero attached hydrogens (tertiary/aromatic N) is 4. The second-order valence-corrected chi connectivity index (χ2v) is 6.93. The summed E-state index contributed by atoms with van der Waals surface area (Å²) in [7, 11) is 0. The van der Waals surface area contributed by atoms with Crippen molar-refractivity contribution in [3.8, 4) is 0 Å². The van der Waals surface area contributed by atoms with E-state index in [2.05, 4.69) is 20.1 Å². The van der Waals surface area contributed by atoms with Crippen molar-refractivity contribution in [1.82, 2.24) is 19.8 Å². The van der Waals surface area contributed by atoms with E-state index in [0.29, 0.717) is 49.8 Å². The molecule has 1 N–H and O–H groups in total. The molecule has 122 valence electrons. The van der Waals surface area contributed by atoms with Crippen molar-refractivity contribution in [2.45, 2.75) is 43.7 Å². The highest BCUT2D eigenvalue weighted by atomic mass is 32.1. The Labute approximate surface area is 137 Å². The number of amides is 2. The number of carbonyl (C=O) groups excluding carboxylic acids is 2. The number of likely N-dealkylation sites (tertiary alicyclic amines) is 1. The molecule has 0 unspecified atom stereocenters. The van der Waals surface area contributed by atoms with Crippen LogP contribution in [0, 0.1) is 0 Å². The number of carbonyl (C=O) groups is 2. The lowest BCUT2D eigenvalue weighted by Gasteiger charge is -2.36. The minimum Gasteiger partial charge on any atom is -0.388 e. The fourth-order valence-electron chi connectivity index (χ4n) is 2.94. The van der Waals surface area contributed by atoms with Crippen molar-refractivity contribution in [1.29, 1.82) is 0 Å². The van der Waals surface area contributed by atoms with E-state index in [1.807, 2.05) is 0 Å². The Morgan fingerprint density at radius 2 is 2.13 bits per heavy atom. The maximum Gasteiger partial charge on any atom is 0.275 e. The Bertz CT molecular complexity index is 647. The topological polar surface area (TPSA) is 96.8 Å². The van der Waals surface area contributed by atoms with Crippen molar-refractivity contribution in [3.63, 3.8) is 0 Å². The number of nitrogens with one attached hydrogen (secondary N) is 1. The van der Waals surface area contributed by atoms with Crippen LogP contribution in [0.15, 0.2) is 10.5 Å². The predicted octanol–water partition coefficient (Wildman–Crippen LogP) is 0.568. The predicted molar refractivity (Wildman–Crippen MR) is 82.1 cm³/mol. The van der Waals surface area contributed by atoms with Gasteiger partial charge < -0.3 is 15.1 Å². The summed E-state index contributed by atoms with van der Waals surface area (Å²) in [6, 6.07) is 0.313. The zero-order chi connectivity index (χ0) is 15.9. The van der Waals surface area contributed by atoms with Crippen molar-refractivity contribution in [2.75, 3.05) is 13.1 Å². The Hall–Kier alpha value is -2.03. The number of oxime groups is 1. The molecule has 0 aromatic carbocycles. The quantitative estimate of drug-likeness (QED) is 0.871. The lowest BCUT2D eigenvalue weighted by atomic mass is 9.86. The molecule has 1 aromatic rings. The maximum atomic E-state index is 12.3. The second-order valence-electron chi connectivity index (χ2n) is 6.32. The molecule has 2 aliphatic heterocycles. The van der Waals surface area contributed by atoms with Crippen LogP contribution in [-0.4, -0.2) is 56.7 Å². The molecule has 2 fully saturated rings. The molecule has 1 spiro atoms. The lowest BCUT2D eigenvalue weighted by Crippen LogP contribution is -2.47. The average Bonchev–Trinajstić information content (AvgIpc) is 3.05. The molecular formula is C14H17N5O3S. The van der Waals surface area contributed by atoms with Crippen LogP contribution in [0.1, 0.15) is 42.6 Å². The van der Waals surface area contributed by atoms with E-state index in [1.165, 1.54) is 11.5 Å². The van der Waals surface area contributed by atoms with E-state index in [-0.39, 0.29) is 11.8 Å². The van der Waals surface area contributed by atoms with Gasteiger partial charge in [0.05, 0.1) is 0 Å². The highest BCUT2D eigenvalue weighted by molar-refractivity contribution is 7.03. The molecule has 23 heavy (non-hydrogen) atoms. The third-order valence-corrected chi connectivity index (χ3v) is 5.06. The van der Waals surface area contributed by atoms with E-state index in [9.17, 15) is 9.59 Å². The maximum absolute atomic E-state index is 12.3. The van der Waals surface area contributed by atoms with Gasteiger partial charge in [-0.1, -0.05) is 9.64 Å². The minimum absolute atomic E-state index is 0.0979. The minimum atomic E-state index is -0.437. The van der Waals surface area contributed by atoms with Crippen LogP contribution in [0.2, 0.25) is 0 Å². The molecule has 0 radical (unpaired) electrons. The van der Waals surface area contributed by atoms with Crippen molar-refractivity contribution in [3.05, 3.63) is 11.1 Å². The van der Waals surface area contributed by atoms with Crippen LogP contribution in [0.25, 0.3) is 0 Å². The first kappa shape index (κ1) is 14.6. The van der Waals surface area contributed by atoms with Crippen molar-refractivity contribution >= 4 is 29.1 Å². The number of hydrogen-bond acceptors (Lipinski definition) is 7. The third-order valence-electron chi connectivity index (χ3n) is 4.55. The van der Waals surface area contributed by atoms with E-state index in [4.69, 9.17) is 4.84 Å². The Morgan fingerprint density at radius 1 is 1.35 bits per heavy atom. The molecule has 4 rings (SSSR count). The van der Waals surface area contributed by atoms with E-state index < -0.39 is 5.60 Å². The first-order valence-electron chi connectivity index (χ1n) is 7.77. The van der Waals surface area contributed by atoms with Gasteiger partial charge >= 0.3 is 0 Å². The Balaban J connectivity index is 1.33. The summed E-state index contributed by atoms with van der Waals surface area (Å²) in [6.07, 6.45) is 3.95. The van der Waals surface area contributed by atoms with Crippen LogP contribution in [0.4, 0.5) is 0 Å². The first-order valence-corrected chi connectivity index (χ1v) is 8.61. The molecule has 1 saturated carbocycles. The summed E-state index contributed by atoms with van der Waals surface area (Å²) >= 11 is 1.17. The van der Waals surface area contributed by atoms with Gasteiger partial charge in [0.1, 0.15) is 11.3 Å². The molecule has 3 heterocycles. The molecule has 3 aliphatic rings. The SMILES string of the molecule is O=C(NC1CC1)C1=NOC2(CCN(C(=O)c3csnn3)CC2)C1. The summed E-state index contributed by atoms with van der Waals surface area (Å²) in [5.74, 6) is -0.212. The molecule has 2 amide bonds. The summed E-state index contributed by atoms with van der Waals surface area (Å²) in [4.78, 5) is 31.7. The molecule has 1 aromatic heterocycles. The van der Waals surface area contributed by atoms with E-state index in [1.54, 1.807) is 10.3 Å². The Kier molecular flexibility index (Phi) is 3.51. The molecule has 9 heteroatoms. The zero-order valence-electron chi connectivity index (χ0n) is 12.5. The zero-order valence-corrected chi connectivity index (χ0v) is 13.3. The second kappa shape index (κ2) is 5.55. The fraction of sp³-hybridized carbons (Fsp3) is 0.643. The van der Waals surface area contributed by atoms with Crippen molar-refractivity contribution in [2.24, 2.45) is 5.16 Å². The fourth-order valence-corrected chi connectivity index (χ4v) is 3.37. The number of piperidine rings is 1. The van der Waals surface area contributed by atoms with Crippen LogP contribution in [-0.2, 0) is 9.63 Å². The average molecular weight is 335 g/mol. The van der Waals surface area contributed by atoms with E-state index >= 15 is 0 Å². The van der Waals surface area contributed by atoms with Gasteiger partial charge in [0.25, 0.3) is 11.8 Å². The number of hydrogen-bond donors (Lipinski definition) is 1. The van der Waals surface area contributed by atoms with Gasteiger partial charge in [-0.2, -0.15) is 0 Å². The van der Waals surface area contributed by atoms with Gasteiger partial charge in [0.2, 0.25) is 0 Å². The van der Waals surface area contributed by atoms with Crippen molar-refractivity contribution < 1.29 is 14.4 Å².